The number of rotatable bonds is 2. The molecule has 2 aromatic rings. The zero-order chi connectivity index (χ0) is 14.4. The summed E-state index contributed by atoms with van der Waals surface area (Å²) in [5, 5.41) is 0.0397. The maximum absolute atomic E-state index is 13.0. The van der Waals surface area contributed by atoms with Crippen LogP contribution in [0, 0.1) is 0 Å². The quantitative estimate of drug-likeness (QED) is 0.654. The van der Waals surface area contributed by atoms with Crippen LogP contribution >= 0.6 is 11.6 Å². The first kappa shape index (κ1) is 13.8. The maximum atomic E-state index is 13.0. The van der Waals surface area contributed by atoms with Crippen molar-refractivity contribution in [1.29, 1.82) is 0 Å². The van der Waals surface area contributed by atoms with Gasteiger partial charge in [0, 0.05) is 27.7 Å². The van der Waals surface area contributed by atoms with Gasteiger partial charge in [-0.1, -0.05) is 11.6 Å². The van der Waals surface area contributed by atoms with Gasteiger partial charge in [0.25, 0.3) is 0 Å². The standard InChI is InChI=1S/C11H5ClF5NO/c12-5-1-2-8-6(3-5)7(4-18-8)9(19)10(13,14)11(15,16)17/h1-4,18H. The molecular formula is C11H5ClF5NO. The van der Waals surface area contributed by atoms with E-state index in [2.05, 4.69) is 4.98 Å². The molecule has 0 aliphatic carbocycles. The van der Waals surface area contributed by atoms with E-state index >= 15 is 0 Å². The molecule has 8 heteroatoms. The highest BCUT2D eigenvalue weighted by Crippen LogP contribution is 2.39. The molecule has 19 heavy (non-hydrogen) atoms. The molecule has 0 amide bonds. The van der Waals surface area contributed by atoms with Gasteiger partial charge in [-0.05, 0) is 18.2 Å². The van der Waals surface area contributed by atoms with Gasteiger partial charge in [0.2, 0.25) is 5.78 Å². The second-order valence-electron chi connectivity index (χ2n) is 3.79. The minimum Gasteiger partial charge on any atom is -0.360 e. The number of hydrogen-bond acceptors (Lipinski definition) is 1. The van der Waals surface area contributed by atoms with E-state index in [9.17, 15) is 26.7 Å². The molecule has 0 spiro atoms. The molecule has 0 saturated carbocycles. The fourth-order valence-corrected chi connectivity index (χ4v) is 1.75. The van der Waals surface area contributed by atoms with Crippen LogP contribution in [-0.4, -0.2) is 22.9 Å². The molecule has 1 N–H and O–H groups in total. The molecule has 102 valence electrons. The zero-order valence-corrected chi connectivity index (χ0v) is 9.74. The summed E-state index contributed by atoms with van der Waals surface area (Å²) in [5.41, 5.74) is -0.509. The molecular weight excluding hydrogens is 293 g/mol. The van der Waals surface area contributed by atoms with Crippen LogP contribution in [0.3, 0.4) is 0 Å². The van der Waals surface area contributed by atoms with Crippen molar-refractivity contribution in [3.63, 3.8) is 0 Å². The Labute approximate surface area is 108 Å². The van der Waals surface area contributed by atoms with Gasteiger partial charge in [-0.3, -0.25) is 4.79 Å². The Bertz CT molecular complexity index is 646. The number of Topliss-reactive ketones (excluding diaryl/α,β-unsaturated/α-hetero) is 1. The summed E-state index contributed by atoms with van der Waals surface area (Å²) in [5.74, 6) is -7.75. The number of alkyl halides is 5. The largest absolute Gasteiger partial charge is 0.461 e. The predicted octanol–water partition coefficient (Wildman–Crippen LogP) is 4.20. The van der Waals surface area contributed by atoms with E-state index in [0.717, 1.165) is 12.3 Å². The highest BCUT2D eigenvalue weighted by Gasteiger charge is 2.63. The summed E-state index contributed by atoms with van der Waals surface area (Å²) in [6, 6.07) is 3.93. The number of aromatic amines is 1. The maximum Gasteiger partial charge on any atom is 0.461 e. The fraction of sp³-hybridized carbons (Fsp3) is 0.182. The van der Waals surface area contributed by atoms with E-state index in [1.165, 1.54) is 12.1 Å². The number of carbonyl (C=O) groups excluding carboxylic acids is 1. The Morgan fingerprint density at radius 2 is 1.79 bits per heavy atom. The monoisotopic (exact) mass is 297 g/mol. The van der Waals surface area contributed by atoms with Crippen LogP contribution in [0.4, 0.5) is 22.0 Å². The number of hydrogen-bond donors (Lipinski definition) is 1. The molecule has 0 saturated heterocycles. The smallest absolute Gasteiger partial charge is 0.360 e. The van der Waals surface area contributed by atoms with Gasteiger partial charge < -0.3 is 4.98 Å². The first-order chi connectivity index (χ1) is 8.64. The van der Waals surface area contributed by atoms with E-state index in [1.807, 2.05) is 0 Å². The topological polar surface area (TPSA) is 32.9 Å². The Balaban J connectivity index is 2.57. The van der Waals surface area contributed by atoms with Gasteiger partial charge in [0.15, 0.2) is 0 Å². The van der Waals surface area contributed by atoms with Gasteiger partial charge >= 0.3 is 12.1 Å². The third kappa shape index (κ3) is 2.18. The van der Waals surface area contributed by atoms with Crippen molar-refractivity contribution in [2.24, 2.45) is 0 Å². The Morgan fingerprint density at radius 1 is 1.16 bits per heavy atom. The minimum absolute atomic E-state index is 0.0820. The summed E-state index contributed by atoms with van der Waals surface area (Å²) in [4.78, 5) is 13.8. The van der Waals surface area contributed by atoms with Crippen LogP contribution in [0.1, 0.15) is 10.4 Å². The van der Waals surface area contributed by atoms with Crippen molar-refractivity contribution >= 4 is 28.3 Å². The van der Waals surface area contributed by atoms with Gasteiger partial charge in [0.1, 0.15) is 0 Å². The van der Waals surface area contributed by atoms with Gasteiger partial charge in [-0.2, -0.15) is 22.0 Å². The third-order valence-electron chi connectivity index (χ3n) is 2.53. The lowest BCUT2D eigenvalue weighted by Gasteiger charge is -2.17. The summed E-state index contributed by atoms with van der Waals surface area (Å²) in [6.07, 6.45) is -5.13. The van der Waals surface area contributed by atoms with Gasteiger partial charge in [-0.15, -0.1) is 0 Å². The van der Waals surface area contributed by atoms with Crippen LogP contribution < -0.4 is 0 Å². The molecule has 0 fully saturated rings. The Kier molecular flexibility index (Phi) is 3.04. The number of aromatic nitrogens is 1. The number of carbonyl (C=O) groups is 1. The molecule has 1 aromatic heterocycles. The molecule has 2 nitrogen and oxygen atoms in total. The SMILES string of the molecule is O=C(c1c[nH]c2ccc(Cl)cc12)C(F)(F)C(F)(F)F. The van der Waals surface area contributed by atoms with Crippen molar-refractivity contribution in [2.75, 3.05) is 0 Å². The average Bonchev–Trinajstić information content (AvgIpc) is 2.69. The van der Waals surface area contributed by atoms with E-state index in [4.69, 9.17) is 11.6 Å². The van der Waals surface area contributed by atoms with Crippen molar-refractivity contribution in [3.05, 3.63) is 35.0 Å². The van der Waals surface area contributed by atoms with Crippen LogP contribution in [0.2, 0.25) is 5.02 Å². The van der Waals surface area contributed by atoms with Crippen LogP contribution in [0.25, 0.3) is 10.9 Å². The molecule has 2 rings (SSSR count). The van der Waals surface area contributed by atoms with Crippen molar-refractivity contribution in [2.45, 2.75) is 12.1 Å². The van der Waals surface area contributed by atoms with E-state index in [1.54, 1.807) is 0 Å². The summed E-state index contributed by atoms with van der Waals surface area (Å²) < 4.78 is 62.4. The Morgan fingerprint density at radius 3 is 2.37 bits per heavy atom. The zero-order valence-electron chi connectivity index (χ0n) is 8.99. The summed E-state index contributed by atoms with van der Waals surface area (Å²) in [7, 11) is 0. The van der Waals surface area contributed by atoms with Crippen molar-refractivity contribution in [3.8, 4) is 0 Å². The molecule has 1 aromatic carbocycles. The van der Waals surface area contributed by atoms with E-state index < -0.39 is 23.4 Å². The highest BCUT2D eigenvalue weighted by molar-refractivity contribution is 6.31. The van der Waals surface area contributed by atoms with Crippen LogP contribution in [-0.2, 0) is 0 Å². The van der Waals surface area contributed by atoms with Crippen molar-refractivity contribution in [1.82, 2.24) is 4.98 Å². The van der Waals surface area contributed by atoms with Crippen LogP contribution in [0.5, 0.6) is 0 Å². The molecule has 1 heterocycles. The number of fused-ring (bicyclic) bond motifs is 1. The van der Waals surface area contributed by atoms with Gasteiger partial charge in [0.05, 0.1) is 0 Å². The normalized spacial score (nSPS) is 12.9. The molecule has 0 radical (unpaired) electrons. The number of ketones is 1. The minimum atomic E-state index is -5.94. The number of nitrogens with one attached hydrogen (secondary N) is 1. The summed E-state index contributed by atoms with van der Waals surface area (Å²) in [6.45, 7) is 0. The lowest BCUT2D eigenvalue weighted by molar-refractivity contribution is -0.255. The second-order valence-corrected chi connectivity index (χ2v) is 4.23. The first-order valence-corrected chi connectivity index (χ1v) is 5.28. The molecule has 0 unspecified atom stereocenters. The molecule has 0 bridgehead atoms. The average molecular weight is 298 g/mol. The number of benzene rings is 1. The van der Waals surface area contributed by atoms with E-state index in [0.29, 0.717) is 0 Å². The highest BCUT2D eigenvalue weighted by atomic mass is 35.5. The number of H-pyrrole nitrogens is 1. The third-order valence-corrected chi connectivity index (χ3v) is 2.76. The van der Waals surface area contributed by atoms with E-state index in [-0.39, 0.29) is 15.9 Å². The summed E-state index contributed by atoms with van der Waals surface area (Å²) >= 11 is 5.62. The van der Waals surface area contributed by atoms with Crippen molar-refractivity contribution < 1.29 is 26.7 Å². The second kappa shape index (κ2) is 4.19. The fourth-order valence-electron chi connectivity index (χ4n) is 1.58. The van der Waals surface area contributed by atoms with Gasteiger partial charge in [-0.25, -0.2) is 0 Å². The van der Waals surface area contributed by atoms with Crippen LogP contribution in [0.15, 0.2) is 24.4 Å². The first-order valence-electron chi connectivity index (χ1n) is 4.90. The molecule has 0 aliphatic heterocycles. The Hall–Kier alpha value is -1.63. The molecule has 0 atom stereocenters. The lowest BCUT2D eigenvalue weighted by Crippen LogP contribution is -2.44. The number of halogens is 6. The predicted molar refractivity (Wildman–Crippen MR) is 58.6 cm³/mol. The molecule has 0 aliphatic rings. The lowest BCUT2D eigenvalue weighted by atomic mass is 10.0.